The van der Waals surface area contributed by atoms with Crippen molar-refractivity contribution in [3.8, 4) is 0 Å². The van der Waals surface area contributed by atoms with Crippen LogP contribution in [-0.4, -0.2) is 28.4 Å². The minimum absolute atomic E-state index is 0.183. The molecule has 0 spiro atoms. The quantitative estimate of drug-likeness (QED) is 0.900. The van der Waals surface area contributed by atoms with Gasteiger partial charge in [0.2, 0.25) is 5.91 Å². The molecule has 0 aliphatic carbocycles. The van der Waals surface area contributed by atoms with E-state index in [1.54, 1.807) is 11.8 Å². The molecular weight excluding hydrogens is 256 g/mol. The van der Waals surface area contributed by atoms with E-state index < -0.39 is 0 Å². The zero-order valence-corrected chi connectivity index (χ0v) is 11.6. The number of hydrogen-bond donors (Lipinski definition) is 2. The minimum atomic E-state index is 0.183. The van der Waals surface area contributed by atoms with Crippen LogP contribution in [0.1, 0.15) is 18.4 Å². The molecule has 1 aromatic heterocycles. The minimum Gasteiger partial charge on any atom is -0.361 e. The zero-order chi connectivity index (χ0) is 13.1. The van der Waals surface area contributed by atoms with E-state index in [2.05, 4.69) is 22.4 Å². The van der Waals surface area contributed by atoms with Gasteiger partial charge in [-0.2, -0.15) is 0 Å². The van der Waals surface area contributed by atoms with Crippen molar-refractivity contribution >= 4 is 28.6 Å². The molecule has 2 N–H and O–H groups in total. The van der Waals surface area contributed by atoms with Crippen molar-refractivity contribution in [1.29, 1.82) is 0 Å². The number of thioether (sulfide) groups is 1. The lowest BCUT2D eigenvalue weighted by Gasteiger charge is -2.09. The van der Waals surface area contributed by atoms with Crippen LogP contribution in [0.25, 0.3) is 10.9 Å². The molecule has 1 aromatic carbocycles. The predicted octanol–water partition coefficient (Wildman–Crippen LogP) is 2.72. The summed E-state index contributed by atoms with van der Waals surface area (Å²) in [5.41, 5.74) is 2.44. The Bertz CT molecular complexity index is 572. The van der Waals surface area contributed by atoms with Gasteiger partial charge in [-0.05, 0) is 36.6 Å². The maximum absolute atomic E-state index is 11.9. The predicted molar refractivity (Wildman–Crippen MR) is 80.5 cm³/mol. The van der Waals surface area contributed by atoms with E-state index in [0.29, 0.717) is 0 Å². The number of rotatable bonds is 4. The molecule has 1 aliphatic rings. The molecule has 3 nitrogen and oxygen atoms in total. The average molecular weight is 274 g/mol. The largest absolute Gasteiger partial charge is 0.361 e. The third-order valence-corrected chi connectivity index (χ3v) is 4.97. The monoisotopic (exact) mass is 274 g/mol. The first kappa shape index (κ1) is 12.6. The second kappa shape index (κ2) is 5.70. The Morgan fingerprint density at radius 2 is 2.32 bits per heavy atom. The first-order chi connectivity index (χ1) is 9.34. The topological polar surface area (TPSA) is 44.9 Å². The summed E-state index contributed by atoms with van der Waals surface area (Å²) in [6.45, 7) is 0.720. The van der Waals surface area contributed by atoms with Crippen LogP contribution in [0.4, 0.5) is 0 Å². The van der Waals surface area contributed by atoms with Crippen molar-refractivity contribution in [1.82, 2.24) is 10.3 Å². The normalized spacial score (nSPS) is 18.8. The van der Waals surface area contributed by atoms with Gasteiger partial charge in [0, 0.05) is 23.6 Å². The van der Waals surface area contributed by atoms with Gasteiger partial charge in [-0.25, -0.2) is 0 Å². The van der Waals surface area contributed by atoms with E-state index in [4.69, 9.17) is 0 Å². The maximum Gasteiger partial charge on any atom is 0.233 e. The molecule has 1 aliphatic heterocycles. The number of hydrogen-bond acceptors (Lipinski definition) is 2. The summed E-state index contributed by atoms with van der Waals surface area (Å²) in [6, 6.07) is 8.28. The lowest BCUT2D eigenvalue weighted by molar-refractivity contribution is -0.120. The van der Waals surface area contributed by atoms with Crippen LogP contribution < -0.4 is 5.32 Å². The summed E-state index contributed by atoms with van der Waals surface area (Å²) in [7, 11) is 0. The second-order valence-corrected chi connectivity index (χ2v) is 6.21. The van der Waals surface area contributed by atoms with Crippen LogP contribution in [0.15, 0.2) is 30.5 Å². The fraction of sp³-hybridized carbons (Fsp3) is 0.400. The van der Waals surface area contributed by atoms with Crippen LogP contribution in [0.5, 0.6) is 0 Å². The van der Waals surface area contributed by atoms with Gasteiger partial charge in [0.25, 0.3) is 0 Å². The molecule has 0 bridgehead atoms. The number of carbonyl (C=O) groups is 1. The highest BCUT2D eigenvalue weighted by Gasteiger charge is 2.22. The van der Waals surface area contributed by atoms with Gasteiger partial charge < -0.3 is 10.3 Å². The Morgan fingerprint density at radius 1 is 1.42 bits per heavy atom. The van der Waals surface area contributed by atoms with E-state index in [-0.39, 0.29) is 11.2 Å². The van der Waals surface area contributed by atoms with Crippen LogP contribution in [0.2, 0.25) is 0 Å². The van der Waals surface area contributed by atoms with Gasteiger partial charge in [0.15, 0.2) is 0 Å². The van der Waals surface area contributed by atoms with Crippen LogP contribution in [0, 0.1) is 0 Å². The molecule has 1 unspecified atom stereocenters. The van der Waals surface area contributed by atoms with Gasteiger partial charge in [0.1, 0.15) is 0 Å². The first-order valence-corrected chi connectivity index (χ1v) is 7.84. The molecule has 1 fully saturated rings. The second-order valence-electron chi connectivity index (χ2n) is 4.90. The Labute approximate surface area is 117 Å². The van der Waals surface area contributed by atoms with E-state index in [9.17, 15) is 4.79 Å². The molecule has 4 heteroatoms. The molecule has 2 aromatic rings. The number of amides is 1. The van der Waals surface area contributed by atoms with Crippen molar-refractivity contribution in [3.63, 3.8) is 0 Å². The summed E-state index contributed by atoms with van der Waals surface area (Å²) in [5.74, 6) is 1.34. The highest BCUT2D eigenvalue weighted by atomic mass is 32.2. The molecule has 2 heterocycles. The average Bonchev–Trinajstić information content (AvgIpc) is 3.08. The Hall–Kier alpha value is -1.42. The van der Waals surface area contributed by atoms with E-state index >= 15 is 0 Å². The highest BCUT2D eigenvalue weighted by molar-refractivity contribution is 8.00. The van der Waals surface area contributed by atoms with Crippen molar-refractivity contribution in [3.05, 3.63) is 36.0 Å². The van der Waals surface area contributed by atoms with Crippen LogP contribution in [-0.2, 0) is 11.2 Å². The van der Waals surface area contributed by atoms with Gasteiger partial charge in [-0.15, -0.1) is 11.8 Å². The SMILES string of the molecule is O=C(NCCc1c[nH]c2ccccc12)C1CCCS1. The number of aromatic nitrogens is 1. The third kappa shape index (κ3) is 2.78. The Morgan fingerprint density at radius 3 is 3.16 bits per heavy atom. The number of nitrogens with one attached hydrogen (secondary N) is 2. The van der Waals surface area contributed by atoms with Gasteiger partial charge in [-0.1, -0.05) is 18.2 Å². The number of H-pyrrole nitrogens is 1. The van der Waals surface area contributed by atoms with E-state index in [1.807, 2.05) is 18.3 Å². The van der Waals surface area contributed by atoms with Crippen molar-refractivity contribution < 1.29 is 4.79 Å². The van der Waals surface area contributed by atoms with E-state index in [1.165, 1.54) is 17.4 Å². The molecular formula is C15H18N2OS. The third-order valence-electron chi connectivity index (χ3n) is 3.59. The number of aromatic amines is 1. The van der Waals surface area contributed by atoms with Crippen molar-refractivity contribution in [2.45, 2.75) is 24.5 Å². The molecule has 0 radical (unpaired) electrons. The number of carbonyl (C=O) groups excluding carboxylic acids is 1. The smallest absolute Gasteiger partial charge is 0.233 e. The molecule has 100 valence electrons. The summed E-state index contributed by atoms with van der Waals surface area (Å²) >= 11 is 1.78. The molecule has 1 amide bonds. The van der Waals surface area contributed by atoms with Crippen molar-refractivity contribution in [2.75, 3.05) is 12.3 Å². The Kier molecular flexibility index (Phi) is 3.78. The lowest BCUT2D eigenvalue weighted by Crippen LogP contribution is -2.32. The summed E-state index contributed by atoms with van der Waals surface area (Å²) in [6.07, 6.45) is 5.13. The molecule has 19 heavy (non-hydrogen) atoms. The van der Waals surface area contributed by atoms with Crippen LogP contribution >= 0.6 is 11.8 Å². The lowest BCUT2D eigenvalue weighted by atomic mass is 10.1. The number of fused-ring (bicyclic) bond motifs is 1. The highest BCUT2D eigenvalue weighted by Crippen LogP contribution is 2.26. The van der Waals surface area contributed by atoms with Gasteiger partial charge in [-0.3, -0.25) is 4.79 Å². The summed E-state index contributed by atoms with van der Waals surface area (Å²) in [5, 5.41) is 4.49. The molecule has 1 saturated heterocycles. The summed E-state index contributed by atoms with van der Waals surface area (Å²) in [4.78, 5) is 15.2. The fourth-order valence-electron chi connectivity index (χ4n) is 2.56. The zero-order valence-electron chi connectivity index (χ0n) is 10.8. The molecule has 0 saturated carbocycles. The van der Waals surface area contributed by atoms with Gasteiger partial charge in [0.05, 0.1) is 5.25 Å². The summed E-state index contributed by atoms with van der Waals surface area (Å²) < 4.78 is 0. The Balaban J connectivity index is 1.56. The maximum atomic E-state index is 11.9. The molecule has 3 rings (SSSR count). The number of para-hydroxylation sites is 1. The first-order valence-electron chi connectivity index (χ1n) is 6.79. The standard InChI is InChI=1S/C15H18N2OS/c18-15(14-6-3-9-19-14)16-8-7-11-10-17-13-5-2-1-4-12(11)13/h1-2,4-5,10,14,17H,3,6-9H2,(H,16,18). The molecule has 1 atom stereocenters. The van der Waals surface area contributed by atoms with Gasteiger partial charge >= 0.3 is 0 Å². The van der Waals surface area contributed by atoms with E-state index in [0.717, 1.165) is 30.7 Å². The van der Waals surface area contributed by atoms with Crippen LogP contribution in [0.3, 0.4) is 0 Å². The number of benzene rings is 1. The van der Waals surface area contributed by atoms with Crippen molar-refractivity contribution in [2.24, 2.45) is 0 Å². The fourth-order valence-corrected chi connectivity index (χ4v) is 3.74.